The lowest BCUT2D eigenvalue weighted by Gasteiger charge is -2.25. The van der Waals surface area contributed by atoms with Gasteiger partial charge in [-0.05, 0) is 49.6 Å². The summed E-state index contributed by atoms with van der Waals surface area (Å²) in [5.41, 5.74) is 1.79. The van der Waals surface area contributed by atoms with Crippen LogP contribution in [0, 0.1) is 0 Å². The van der Waals surface area contributed by atoms with E-state index in [1.807, 2.05) is 6.92 Å². The van der Waals surface area contributed by atoms with Crippen LogP contribution >= 0.6 is 7.60 Å². The van der Waals surface area contributed by atoms with Crippen LogP contribution in [0.15, 0.2) is 47.3 Å². The smallest absolute Gasteiger partial charge is 0.365 e. The molecule has 2 unspecified atom stereocenters. The van der Waals surface area contributed by atoms with Gasteiger partial charge in [0.2, 0.25) is 0 Å². The summed E-state index contributed by atoms with van der Waals surface area (Å²) in [6, 6.07) is 12.3. The molecule has 0 fully saturated rings. The molecule has 0 spiro atoms. The number of benzene rings is 2. The Labute approximate surface area is 191 Å². The summed E-state index contributed by atoms with van der Waals surface area (Å²) in [7, 11) is -3.76. The van der Waals surface area contributed by atoms with Crippen LogP contribution in [0.25, 0.3) is 11.0 Å². The van der Waals surface area contributed by atoms with Crippen molar-refractivity contribution >= 4 is 18.6 Å². The zero-order chi connectivity index (χ0) is 23.8. The summed E-state index contributed by atoms with van der Waals surface area (Å²) in [5.74, 6) is 0.938. The van der Waals surface area contributed by atoms with Gasteiger partial charge in [0.05, 0.1) is 24.8 Å². The topological polar surface area (TPSA) is 137 Å². The number of nitrogens with zero attached hydrogens (tertiary/aromatic N) is 1. The number of aliphatic hydroxyl groups is 1. The zero-order valence-corrected chi connectivity index (χ0v) is 19.6. The van der Waals surface area contributed by atoms with Crippen molar-refractivity contribution in [3.8, 4) is 11.5 Å². The van der Waals surface area contributed by atoms with Crippen LogP contribution in [0.4, 0.5) is 0 Å². The first-order valence-electron chi connectivity index (χ1n) is 10.8. The van der Waals surface area contributed by atoms with Crippen molar-refractivity contribution in [1.82, 2.24) is 15.0 Å². The SMILES string of the molecule is CCCN(CC(O)Cc1ccc(OCP(=O)(O)OCC)cc1)Oc1cccc2[nH]c(=O)[nH]c12. The van der Waals surface area contributed by atoms with Crippen LogP contribution in [0.5, 0.6) is 11.5 Å². The zero-order valence-electron chi connectivity index (χ0n) is 18.7. The summed E-state index contributed by atoms with van der Waals surface area (Å²) in [4.78, 5) is 32.6. The minimum absolute atomic E-state index is 0.130. The van der Waals surface area contributed by atoms with Gasteiger partial charge in [-0.1, -0.05) is 25.1 Å². The van der Waals surface area contributed by atoms with E-state index in [4.69, 9.17) is 14.1 Å². The minimum Gasteiger partial charge on any atom is -0.481 e. The second-order valence-electron chi connectivity index (χ2n) is 7.57. The number of rotatable bonds is 13. The van der Waals surface area contributed by atoms with Crippen LogP contribution in [0.1, 0.15) is 25.8 Å². The number of aromatic amines is 2. The van der Waals surface area contributed by atoms with E-state index in [-0.39, 0.29) is 18.8 Å². The maximum atomic E-state index is 11.7. The third kappa shape index (κ3) is 7.45. The highest BCUT2D eigenvalue weighted by atomic mass is 31.2. The van der Waals surface area contributed by atoms with E-state index in [1.54, 1.807) is 54.5 Å². The Morgan fingerprint density at radius 2 is 1.88 bits per heavy atom. The number of aliphatic hydroxyl groups excluding tert-OH is 1. The summed E-state index contributed by atoms with van der Waals surface area (Å²) in [6.45, 7) is 4.63. The standard InChI is InChI=1S/C22H30N3O7P/c1-3-12-25(32-20-7-5-6-19-21(20)24-22(27)23-19)14-17(26)13-16-8-10-18(11-9-16)30-15-33(28,29)31-4-2/h5-11,17,26H,3-4,12-15H2,1-2H3,(H,28,29)(H2,23,24,27). The maximum absolute atomic E-state index is 11.7. The van der Waals surface area contributed by atoms with Gasteiger partial charge in [0, 0.05) is 6.54 Å². The highest BCUT2D eigenvalue weighted by Gasteiger charge is 2.20. The first-order valence-corrected chi connectivity index (χ1v) is 12.6. The number of hydroxylamine groups is 2. The van der Waals surface area contributed by atoms with Crippen LogP contribution < -0.4 is 15.3 Å². The first kappa shape index (κ1) is 25.0. The molecule has 1 heterocycles. The largest absolute Gasteiger partial charge is 0.481 e. The van der Waals surface area contributed by atoms with Gasteiger partial charge in [-0.15, -0.1) is 5.06 Å². The number of nitrogens with one attached hydrogen (secondary N) is 2. The minimum atomic E-state index is -3.76. The van der Waals surface area contributed by atoms with E-state index < -0.39 is 20.0 Å². The Bertz CT molecular complexity index is 1130. The average molecular weight is 479 g/mol. The molecule has 0 amide bonds. The number of para-hydroxylation sites is 1. The van der Waals surface area contributed by atoms with E-state index in [0.29, 0.717) is 35.5 Å². The van der Waals surface area contributed by atoms with Gasteiger partial charge < -0.3 is 34.1 Å². The molecule has 2 aromatic carbocycles. The quantitative estimate of drug-likeness (QED) is 0.217. The number of imidazole rings is 1. The number of fused-ring (bicyclic) bond motifs is 1. The number of ether oxygens (including phenoxy) is 1. The monoisotopic (exact) mass is 479 g/mol. The van der Waals surface area contributed by atoms with E-state index in [9.17, 15) is 19.4 Å². The van der Waals surface area contributed by atoms with Crippen molar-refractivity contribution in [3.63, 3.8) is 0 Å². The van der Waals surface area contributed by atoms with E-state index >= 15 is 0 Å². The van der Waals surface area contributed by atoms with Gasteiger partial charge in [0.25, 0.3) is 0 Å². The highest BCUT2D eigenvalue weighted by molar-refractivity contribution is 7.52. The van der Waals surface area contributed by atoms with Crippen LogP contribution in [-0.4, -0.2) is 57.2 Å². The molecule has 11 heteroatoms. The van der Waals surface area contributed by atoms with Crippen molar-refractivity contribution < 1.29 is 28.7 Å². The molecule has 0 saturated carbocycles. The van der Waals surface area contributed by atoms with Gasteiger partial charge in [-0.25, -0.2) is 4.79 Å². The average Bonchev–Trinajstić information content (AvgIpc) is 3.15. The molecule has 0 saturated heterocycles. The van der Waals surface area contributed by atoms with Crippen molar-refractivity contribution in [2.45, 2.75) is 32.8 Å². The maximum Gasteiger partial charge on any atom is 0.365 e. The van der Waals surface area contributed by atoms with E-state index in [0.717, 1.165) is 12.0 Å². The van der Waals surface area contributed by atoms with Gasteiger partial charge in [0.1, 0.15) is 11.3 Å². The molecule has 0 radical (unpaired) electrons. The Morgan fingerprint density at radius 1 is 1.12 bits per heavy atom. The lowest BCUT2D eigenvalue weighted by molar-refractivity contribution is -0.0828. The summed E-state index contributed by atoms with van der Waals surface area (Å²) < 4.78 is 21.8. The lowest BCUT2D eigenvalue weighted by Crippen LogP contribution is -2.36. The summed E-state index contributed by atoms with van der Waals surface area (Å²) in [5, 5.41) is 12.3. The molecular weight excluding hydrogens is 449 g/mol. The van der Waals surface area contributed by atoms with Crippen molar-refractivity contribution in [3.05, 3.63) is 58.5 Å². The molecule has 10 nitrogen and oxygen atoms in total. The molecule has 2 atom stereocenters. The molecule has 0 bridgehead atoms. The Morgan fingerprint density at radius 3 is 2.58 bits per heavy atom. The molecule has 180 valence electrons. The number of hydrogen-bond donors (Lipinski definition) is 4. The molecule has 0 aliphatic carbocycles. The number of H-pyrrole nitrogens is 2. The molecule has 1 aromatic heterocycles. The Hall–Kier alpha value is -2.62. The molecule has 3 aromatic rings. The van der Waals surface area contributed by atoms with Crippen molar-refractivity contribution in [2.75, 3.05) is 26.0 Å². The fourth-order valence-corrected chi connectivity index (χ4v) is 4.15. The fraction of sp³-hybridized carbons (Fsp3) is 0.409. The molecule has 0 aliphatic heterocycles. The Balaban J connectivity index is 1.57. The van der Waals surface area contributed by atoms with Crippen LogP contribution in [-0.2, 0) is 15.5 Å². The van der Waals surface area contributed by atoms with Crippen molar-refractivity contribution in [1.29, 1.82) is 0 Å². The third-order valence-corrected chi connectivity index (χ3v) is 5.86. The molecular formula is C22H30N3O7P. The van der Waals surface area contributed by atoms with E-state index in [2.05, 4.69) is 9.97 Å². The predicted octanol–water partition coefficient (Wildman–Crippen LogP) is 3.02. The van der Waals surface area contributed by atoms with E-state index in [1.165, 1.54) is 0 Å². The normalized spacial score (nSPS) is 14.3. The number of aromatic nitrogens is 2. The number of hydrogen-bond acceptors (Lipinski definition) is 7. The summed E-state index contributed by atoms with van der Waals surface area (Å²) >= 11 is 0. The predicted molar refractivity (Wildman–Crippen MR) is 125 cm³/mol. The molecule has 33 heavy (non-hydrogen) atoms. The highest BCUT2D eigenvalue weighted by Crippen LogP contribution is 2.41. The second-order valence-corrected chi connectivity index (χ2v) is 9.36. The van der Waals surface area contributed by atoms with Gasteiger partial charge >= 0.3 is 13.3 Å². The van der Waals surface area contributed by atoms with Gasteiger partial charge in [-0.2, -0.15) is 0 Å². The molecule has 0 aliphatic rings. The first-order chi connectivity index (χ1) is 15.8. The Kier molecular flexibility index (Phi) is 8.71. The second kappa shape index (κ2) is 11.5. The molecule has 4 N–H and O–H groups in total. The third-order valence-electron chi connectivity index (χ3n) is 4.75. The summed E-state index contributed by atoms with van der Waals surface area (Å²) in [6.07, 6.45) is 0.0653. The molecule has 3 rings (SSSR count). The van der Waals surface area contributed by atoms with Crippen LogP contribution in [0.2, 0.25) is 0 Å². The van der Waals surface area contributed by atoms with Crippen molar-refractivity contribution in [2.24, 2.45) is 0 Å². The lowest BCUT2D eigenvalue weighted by atomic mass is 10.1. The van der Waals surface area contributed by atoms with Gasteiger partial charge in [0.15, 0.2) is 12.1 Å². The fourth-order valence-electron chi connectivity index (χ4n) is 3.36. The van der Waals surface area contributed by atoms with Gasteiger partial charge in [-0.3, -0.25) is 4.57 Å². The van der Waals surface area contributed by atoms with Crippen LogP contribution in [0.3, 0.4) is 0 Å².